The monoisotopic (exact) mass is 238 g/mol. The summed E-state index contributed by atoms with van der Waals surface area (Å²) < 4.78 is 7.56. The maximum Gasteiger partial charge on any atom is 0.139 e. The lowest BCUT2D eigenvalue weighted by Gasteiger charge is -2.15. The lowest BCUT2D eigenvalue weighted by atomic mass is 10.2. The summed E-state index contributed by atoms with van der Waals surface area (Å²) in [7, 11) is -0.953. The molecule has 0 N–H and O–H groups in total. The first-order valence-electron chi connectivity index (χ1n) is 6.15. The Morgan fingerprint density at radius 2 is 2.19 bits per heavy atom. The fourth-order valence-electron chi connectivity index (χ4n) is 1.61. The van der Waals surface area contributed by atoms with Crippen LogP contribution >= 0.6 is 0 Å². The molecule has 1 saturated carbocycles. The molecule has 2 rings (SSSR count). The second-order valence-electron chi connectivity index (χ2n) is 5.94. The Hall–Kier alpha value is -0.613. The molecular weight excluding hydrogens is 216 g/mol. The first kappa shape index (κ1) is 11.9. The number of hydrogen-bond acceptors (Lipinski definition) is 2. The summed E-state index contributed by atoms with van der Waals surface area (Å²) in [6.45, 7) is 8.59. The van der Waals surface area contributed by atoms with E-state index in [0.717, 1.165) is 12.5 Å². The zero-order valence-electron chi connectivity index (χ0n) is 10.6. The molecule has 0 atom stereocenters. The van der Waals surface area contributed by atoms with Crippen molar-refractivity contribution in [3.63, 3.8) is 0 Å². The summed E-state index contributed by atoms with van der Waals surface area (Å²) in [4.78, 5) is 0. The average Bonchev–Trinajstić information content (AvgIpc) is 2.93. The van der Waals surface area contributed by atoms with Crippen LogP contribution in [0.1, 0.15) is 24.3 Å². The number of hydrogen-bond donors (Lipinski definition) is 0. The quantitative estimate of drug-likeness (QED) is 0.562. The Morgan fingerprint density at radius 3 is 2.81 bits per heavy atom. The van der Waals surface area contributed by atoms with Gasteiger partial charge in [0.25, 0.3) is 0 Å². The van der Waals surface area contributed by atoms with Crippen LogP contribution in [-0.2, 0) is 11.5 Å². The molecule has 4 heteroatoms. The standard InChI is InChI=1S/C12H22N2OSi/c1-16(2,3)7-6-15-10-14-9-12(8-13-14)11-4-5-11/h8-9,11H,4-7,10H2,1-3H3. The van der Waals surface area contributed by atoms with E-state index in [-0.39, 0.29) is 0 Å². The summed E-state index contributed by atoms with van der Waals surface area (Å²) in [6.07, 6.45) is 6.79. The van der Waals surface area contributed by atoms with E-state index in [9.17, 15) is 0 Å². The molecule has 0 saturated heterocycles. The zero-order chi connectivity index (χ0) is 11.6. The van der Waals surface area contributed by atoms with Gasteiger partial charge in [0.2, 0.25) is 0 Å². The van der Waals surface area contributed by atoms with Crippen LogP contribution in [-0.4, -0.2) is 24.5 Å². The Balaban J connectivity index is 1.68. The predicted molar refractivity (Wildman–Crippen MR) is 68.3 cm³/mol. The van der Waals surface area contributed by atoms with E-state index >= 15 is 0 Å². The lowest BCUT2D eigenvalue weighted by Crippen LogP contribution is -2.22. The minimum absolute atomic E-state index is 0.608. The Bertz CT molecular complexity index is 339. The second kappa shape index (κ2) is 4.71. The fraction of sp³-hybridized carbons (Fsp3) is 0.750. The third-order valence-corrected chi connectivity index (χ3v) is 4.63. The molecule has 16 heavy (non-hydrogen) atoms. The number of rotatable bonds is 6. The van der Waals surface area contributed by atoms with Crippen molar-refractivity contribution in [2.24, 2.45) is 0 Å². The second-order valence-corrected chi connectivity index (χ2v) is 11.6. The topological polar surface area (TPSA) is 27.1 Å². The van der Waals surface area contributed by atoms with Crippen molar-refractivity contribution in [1.82, 2.24) is 9.78 Å². The van der Waals surface area contributed by atoms with Gasteiger partial charge < -0.3 is 4.74 Å². The minimum Gasteiger partial charge on any atom is -0.360 e. The first-order chi connectivity index (χ1) is 7.54. The predicted octanol–water partition coefficient (Wildman–Crippen LogP) is 3.07. The van der Waals surface area contributed by atoms with Gasteiger partial charge in [-0.15, -0.1) is 0 Å². The molecule has 1 aromatic rings. The van der Waals surface area contributed by atoms with Gasteiger partial charge in [-0.1, -0.05) is 19.6 Å². The molecule has 1 aromatic heterocycles. The van der Waals surface area contributed by atoms with Gasteiger partial charge in [-0.25, -0.2) is 4.68 Å². The maximum absolute atomic E-state index is 5.64. The highest BCUT2D eigenvalue weighted by Crippen LogP contribution is 2.39. The van der Waals surface area contributed by atoms with Crippen LogP contribution in [0.5, 0.6) is 0 Å². The van der Waals surface area contributed by atoms with Crippen LogP contribution in [0.3, 0.4) is 0 Å². The van der Waals surface area contributed by atoms with E-state index in [2.05, 4.69) is 30.9 Å². The van der Waals surface area contributed by atoms with Crippen molar-refractivity contribution in [2.75, 3.05) is 6.61 Å². The first-order valence-corrected chi connectivity index (χ1v) is 9.85. The Kier molecular flexibility index (Phi) is 3.49. The molecule has 0 unspecified atom stereocenters. The maximum atomic E-state index is 5.64. The molecule has 0 aromatic carbocycles. The normalized spacial score (nSPS) is 16.7. The summed E-state index contributed by atoms with van der Waals surface area (Å²) in [5.41, 5.74) is 1.38. The molecule has 1 fully saturated rings. The zero-order valence-corrected chi connectivity index (χ0v) is 11.6. The highest BCUT2D eigenvalue weighted by Gasteiger charge is 2.24. The van der Waals surface area contributed by atoms with E-state index in [1.165, 1.54) is 24.4 Å². The molecule has 0 aliphatic heterocycles. The summed E-state index contributed by atoms with van der Waals surface area (Å²) in [5.74, 6) is 0.788. The van der Waals surface area contributed by atoms with Gasteiger partial charge in [0.15, 0.2) is 0 Å². The molecule has 0 spiro atoms. The highest BCUT2D eigenvalue weighted by molar-refractivity contribution is 6.76. The molecule has 1 aliphatic rings. The van der Waals surface area contributed by atoms with Crippen molar-refractivity contribution in [1.29, 1.82) is 0 Å². The largest absolute Gasteiger partial charge is 0.360 e. The van der Waals surface area contributed by atoms with E-state index < -0.39 is 8.07 Å². The van der Waals surface area contributed by atoms with Crippen molar-refractivity contribution in [3.05, 3.63) is 18.0 Å². The molecule has 1 heterocycles. The molecule has 1 aliphatic carbocycles. The third kappa shape index (κ3) is 3.76. The molecular formula is C12H22N2OSi. The van der Waals surface area contributed by atoms with Crippen molar-refractivity contribution >= 4 is 8.07 Å². The third-order valence-electron chi connectivity index (χ3n) is 2.92. The average molecular weight is 238 g/mol. The molecule has 0 bridgehead atoms. The number of aromatic nitrogens is 2. The summed E-state index contributed by atoms with van der Waals surface area (Å²) in [5, 5.41) is 4.31. The van der Waals surface area contributed by atoms with Gasteiger partial charge in [-0.3, -0.25) is 0 Å². The number of ether oxygens (including phenoxy) is 1. The smallest absolute Gasteiger partial charge is 0.139 e. The van der Waals surface area contributed by atoms with Crippen LogP contribution in [0.4, 0.5) is 0 Å². The van der Waals surface area contributed by atoms with Gasteiger partial charge in [0.1, 0.15) is 6.73 Å². The Morgan fingerprint density at radius 1 is 1.44 bits per heavy atom. The van der Waals surface area contributed by atoms with E-state index in [1.807, 2.05) is 10.9 Å². The van der Waals surface area contributed by atoms with Crippen molar-refractivity contribution < 1.29 is 4.74 Å². The van der Waals surface area contributed by atoms with Crippen LogP contribution in [0.15, 0.2) is 12.4 Å². The van der Waals surface area contributed by atoms with Crippen LogP contribution in [0.2, 0.25) is 25.7 Å². The van der Waals surface area contributed by atoms with Crippen molar-refractivity contribution in [3.8, 4) is 0 Å². The van der Waals surface area contributed by atoms with Gasteiger partial charge in [0, 0.05) is 20.9 Å². The fourth-order valence-corrected chi connectivity index (χ4v) is 2.37. The lowest BCUT2D eigenvalue weighted by molar-refractivity contribution is 0.0785. The summed E-state index contributed by atoms with van der Waals surface area (Å²) >= 11 is 0. The molecule has 90 valence electrons. The van der Waals surface area contributed by atoms with E-state index in [4.69, 9.17) is 4.74 Å². The SMILES string of the molecule is C[Si](C)(C)CCOCn1cc(C2CC2)cn1. The summed E-state index contributed by atoms with van der Waals surface area (Å²) in [6, 6.07) is 1.23. The van der Waals surface area contributed by atoms with E-state index in [1.54, 1.807) is 0 Å². The molecule has 0 radical (unpaired) electrons. The van der Waals surface area contributed by atoms with Crippen LogP contribution in [0.25, 0.3) is 0 Å². The minimum atomic E-state index is -0.953. The Labute approximate surface area is 98.8 Å². The highest BCUT2D eigenvalue weighted by atomic mass is 28.3. The molecule has 3 nitrogen and oxygen atoms in total. The number of nitrogens with zero attached hydrogens (tertiary/aromatic N) is 2. The van der Waals surface area contributed by atoms with Gasteiger partial charge >= 0.3 is 0 Å². The van der Waals surface area contributed by atoms with Crippen LogP contribution in [0, 0.1) is 0 Å². The molecule has 0 amide bonds. The van der Waals surface area contributed by atoms with Gasteiger partial charge in [0.05, 0.1) is 6.20 Å². The van der Waals surface area contributed by atoms with Gasteiger partial charge in [-0.2, -0.15) is 5.10 Å². The van der Waals surface area contributed by atoms with E-state index in [0.29, 0.717) is 6.73 Å². The van der Waals surface area contributed by atoms with Gasteiger partial charge in [-0.05, 0) is 30.4 Å². The van der Waals surface area contributed by atoms with Crippen LogP contribution < -0.4 is 0 Å². The van der Waals surface area contributed by atoms with Crippen molar-refractivity contribution in [2.45, 2.75) is 51.2 Å².